The van der Waals surface area contributed by atoms with E-state index in [1.165, 1.54) is 21.3 Å². The van der Waals surface area contributed by atoms with E-state index in [0.29, 0.717) is 44.7 Å². The summed E-state index contributed by atoms with van der Waals surface area (Å²) in [5, 5.41) is 8.04. The first kappa shape index (κ1) is 43.5. The fraction of sp³-hybridized carbons (Fsp3) is 0.489. The number of aromatic nitrogens is 4. The first-order valence-corrected chi connectivity index (χ1v) is 21.2. The molecule has 1 aliphatic carbocycles. The van der Waals surface area contributed by atoms with Gasteiger partial charge in [-0.15, -0.1) is 0 Å². The molecular weight excluding hydrogens is 795 g/mol. The van der Waals surface area contributed by atoms with Gasteiger partial charge >= 0.3 is 18.3 Å². The van der Waals surface area contributed by atoms with E-state index in [-0.39, 0.29) is 35.2 Å². The molecule has 2 saturated heterocycles. The summed E-state index contributed by atoms with van der Waals surface area (Å²) in [6.45, 7) is 5.37. The van der Waals surface area contributed by atoms with Crippen molar-refractivity contribution in [3.05, 3.63) is 71.4 Å². The Morgan fingerprint density at radius 3 is 2.26 bits per heavy atom. The van der Waals surface area contributed by atoms with Crippen molar-refractivity contribution in [3.8, 4) is 23.1 Å². The highest BCUT2D eigenvalue weighted by Crippen LogP contribution is 2.58. The third-order valence-corrected chi connectivity index (χ3v) is 12.1. The number of amides is 5. The molecule has 7 rings (SSSR count). The number of fused-ring (bicyclic) bond motifs is 1. The van der Waals surface area contributed by atoms with Gasteiger partial charge in [-0.05, 0) is 98.6 Å². The van der Waals surface area contributed by atoms with Gasteiger partial charge < -0.3 is 49.9 Å². The molecule has 0 radical (unpaired) electrons. The maximum Gasteiger partial charge on any atom is 0.407 e. The average Bonchev–Trinajstić information content (AvgIpc) is 3.77. The van der Waals surface area contributed by atoms with Gasteiger partial charge in [0.15, 0.2) is 0 Å². The zero-order chi connectivity index (χ0) is 44.0. The number of benzene rings is 2. The number of alkyl carbamates (subject to hydrolysis) is 3. The Balaban J connectivity index is 0.996. The molecule has 3 aliphatic rings. The van der Waals surface area contributed by atoms with Crippen molar-refractivity contribution in [2.45, 2.75) is 89.4 Å². The monoisotopic (exact) mass is 849 g/mol. The van der Waals surface area contributed by atoms with Crippen LogP contribution in [-0.4, -0.2) is 113 Å². The standard InChI is InChI=1S/C45H55N9O8/c1-27(2)37(52-44(59)62-5)41(56)54-26-45(19-20-45)24-36(54)39-48-31-18-15-29(23-33(31)49-39)12-11-28-13-16-30(17-14-28)34-25-47-38(50-34)35-10-8-22-53(35)40(55)32(51-43(58)61-4)9-6-7-21-46-42(57)60-3/h13-18,23,25,27,32,35-37H,6-10,19-22,24,26H2,1-5H3,(H,46,57)(H,47,50)(H,48,49)(H,51,58)(H,52,59)/t32-,35-,36-,37-/m0/s1. The number of ether oxygens (including phenoxy) is 3. The molecule has 0 unspecified atom stereocenters. The molecular formula is C45H55N9O8. The van der Waals surface area contributed by atoms with E-state index in [1.54, 1.807) is 11.1 Å². The number of methoxy groups -OCH3 is 3. The number of imidazole rings is 2. The Morgan fingerprint density at radius 2 is 1.55 bits per heavy atom. The molecule has 1 saturated carbocycles. The molecule has 1 spiro atoms. The lowest BCUT2D eigenvalue weighted by Crippen LogP contribution is -2.51. The third-order valence-electron chi connectivity index (χ3n) is 12.1. The van der Waals surface area contributed by atoms with Gasteiger partial charge in [0.1, 0.15) is 23.7 Å². The molecule has 17 heteroatoms. The van der Waals surface area contributed by atoms with Crippen LogP contribution in [0.4, 0.5) is 14.4 Å². The molecule has 4 aromatic rings. The number of likely N-dealkylation sites (tertiary alicyclic amines) is 2. The molecule has 5 amide bonds. The van der Waals surface area contributed by atoms with Gasteiger partial charge in [0, 0.05) is 30.8 Å². The zero-order valence-corrected chi connectivity index (χ0v) is 35.8. The van der Waals surface area contributed by atoms with Crippen LogP contribution in [0.2, 0.25) is 0 Å². The largest absolute Gasteiger partial charge is 0.453 e. The highest BCUT2D eigenvalue weighted by Gasteiger charge is 2.55. The first-order chi connectivity index (χ1) is 29.9. The molecule has 2 aromatic carbocycles. The Morgan fingerprint density at radius 1 is 0.839 bits per heavy atom. The summed E-state index contributed by atoms with van der Waals surface area (Å²) in [6, 6.07) is 11.7. The van der Waals surface area contributed by atoms with Crippen LogP contribution < -0.4 is 16.0 Å². The van der Waals surface area contributed by atoms with Crippen molar-refractivity contribution in [1.29, 1.82) is 0 Å². The normalized spacial score (nSPS) is 18.5. The van der Waals surface area contributed by atoms with Crippen LogP contribution in [-0.2, 0) is 23.8 Å². The van der Waals surface area contributed by atoms with Gasteiger partial charge in [0.25, 0.3) is 0 Å². The van der Waals surface area contributed by atoms with E-state index in [2.05, 4.69) is 47.5 Å². The summed E-state index contributed by atoms with van der Waals surface area (Å²) in [6.07, 6.45) is 5.95. The second-order valence-corrected chi connectivity index (χ2v) is 16.7. The van der Waals surface area contributed by atoms with Gasteiger partial charge in [0.2, 0.25) is 11.8 Å². The second kappa shape index (κ2) is 19.0. The number of unbranched alkanes of at least 4 members (excludes halogenated alkanes) is 1. The van der Waals surface area contributed by atoms with Gasteiger partial charge in [-0.2, -0.15) is 0 Å². The number of rotatable bonds is 13. The molecule has 4 heterocycles. The van der Waals surface area contributed by atoms with Crippen molar-refractivity contribution < 1.29 is 38.2 Å². The lowest BCUT2D eigenvalue weighted by Gasteiger charge is -2.30. The number of hydrogen-bond donors (Lipinski definition) is 5. The number of aromatic amines is 2. The van der Waals surface area contributed by atoms with Crippen LogP contribution in [0.1, 0.15) is 100 Å². The maximum absolute atomic E-state index is 13.9. The van der Waals surface area contributed by atoms with Crippen molar-refractivity contribution >= 4 is 41.1 Å². The van der Waals surface area contributed by atoms with E-state index >= 15 is 0 Å². The predicted octanol–water partition coefficient (Wildman–Crippen LogP) is 5.70. The van der Waals surface area contributed by atoms with Crippen molar-refractivity contribution in [2.24, 2.45) is 11.3 Å². The first-order valence-electron chi connectivity index (χ1n) is 21.2. The van der Waals surface area contributed by atoms with Gasteiger partial charge in [-0.25, -0.2) is 24.4 Å². The van der Waals surface area contributed by atoms with E-state index < -0.39 is 30.4 Å². The Hall–Kier alpha value is -6.57. The van der Waals surface area contributed by atoms with Gasteiger partial charge in [-0.1, -0.05) is 37.8 Å². The van der Waals surface area contributed by atoms with Gasteiger partial charge in [0.05, 0.1) is 56.3 Å². The van der Waals surface area contributed by atoms with Crippen LogP contribution in [0.15, 0.2) is 48.7 Å². The van der Waals surface area contributed by atoms with Crippen LogP contribution in [0.5, 0.6) is 0 Å². The Bertz CT molecular complexity index is 2340. The van der Waals surface area contributed by atoms with E-state index in [4.69, 9.17) is 14.5 Å². The number of H-pyrrole nitrogens is 2. The zero-order valence-electron chi connectivity index (χ0n) is 35.8. The summed E-state index contributed by atoms with van der Waals surface area (Å²) >= 11 is 0. The quantitative estimate of drug-likeness (QED) is 0.0629. The summed E-state index contributed by atoms with van der Waals surface area (Å²) in [4.78, 5) is 83.5. The van der Waals surface area contributed by atoms with E-state index in [9.17, 15) is 24.0 Å². The lowest BCUT2D eigenvalue weighted by molar-refractivity contribution is -0.136. The number of carbonyl (C=O) groups excluding carboxylic acids is 5. The molecule has 17 nitrogen and oxygen atoms in total. The number of hydrogen-bond acceptors (Lipinski definition) is 10. The summed E-state index contributed by atoms with van der Waals surface area (Å²) in [5.74, 6) is 7.46. The molecule has 328 valence electrons. The maximum atomic E-state index is 13.9. The minimum absolute atomic E-state index is 0.0973. The Labute approximate surface area is 360 Å². The molecule has 3 fully saturated rings. The number of nitrogens with zero attached hydrogens (tertiary/aromatic N) is 4. The lowest BCUT2D eigenvalue weighted by atomic mass is 10.0. The highest BCUT2D eigenvalue weighted by atomic mass is 16.5. The summed E-state index contributed by atoms with van der Waals surface area (Å²) < 4.78 is 14.2. The molecule has 5 N–H and O–H groups in total. The van der Waals surface area contributed by atoms with Gasteiger partial charge in [-0.3, -0.25) is 9.59 Å². The van der Waals surface area contributed by atoms with Crippen LogP contribution in [0.3, 0.4) is 0 Å². The smallest absolute Gasteiger partial charge is 0.407 e. The molecule has 62 heavy (non-hydrogen) atoms. The van der Waals surface area contributed by atoms with Crippen molar-refractivity contribution in [2.75, 3.05) is 41.0 Å². The topological polar surface area (TPSA) is 213 Å². The minimum atomic E-state index is -0.792. The van der Waals surface area contributed by atoms with Crippen LogP contribution in [0, 0.1) is 23.2 Å². The molecule has 2 aromatic heterocycles. The van der Waals surface area contributed by atoms with E-state index in [1.807, 2.05) is 61.2 Å². The predicted molar refractivity (Wildman–Crippen MR) is 228 cm³/mol. The molecule has 2 aliphatic heterocycles. The van der Waals surface area contributed by atoms with E-state index in [0.717, 1.165) is 71.3 Å². The average molecular weight is 850 g/mol. The fourth-order valence-electron chi connectivity index (χ4n) is 8.45. The van der Waals surface area contributed by atoms with Crippen molar-refractivity contribution in [1.82, 2.24) is 45.7 Å². The van der Waals surface area contributed by atoms with Crippen molar-refractivity contribution in [3.63, 3.8) is 0 Å². The summed E-state index contributed by atoms with van der Waals surface area (Å²) in [7, 11) is 3.85. The SMILES string of the molecule is COC(=O)NCCCC[C@H](NC(=O)OC)C(=O)N1CCC[C@H]1c1ncc(-c2ccc(C#Cc3ccc4nc([C@@H]5CC6(CC6)CN5C(=O)[C@@H](NC(=O)OC)C(C)C)[nH]c4c3)cc2)[nH]1. The third kappa shape index (κ3) is 9.96. The van der Waals surface area contributed by atoms with Crippen LogP contribution >= 0.6 is 0 Å². The second-order valence-electron chi connectivity index (χ2n) is 16.7. The summed E-state index contributed by atoms with van der Waals surface area (Å²) in [5.41, 5.74) is 5.07. The number of nitrogens with one attached hydrogen (secondary N) is 5. The molecule has 0 bridgehead atoms. The minimum Gasteiger partial charge on any atom is -0.453 e. The highest BCUT2D eigenvalue weighted by molar-refractivity contribution is 5.87. The van der Waals surface area contributed by atoms with Crippen LogP contribution in [0.25, 0.3) is 22.3 Å². The number of carbonyl (C=O) groups is 5. The Kier molecular flexibility index (Phi) is 13.3. The fourth-order valence-corrected chi connectivity index (χ4v) is 8.45. The molecule has 4 atom stereocenters.